The van der Waals surface area contributed by atoms with Gasteiger partial charge in [0.25, 0.3) is 5.91 Å². The first kappa shape index (κ1) is 18.2. The summed E-state index contributed by atoms with van der Waals surface area (Å²) in [6.45, 7) is 2.98. The number of anilines is 1. The minimum Gasteiger partial charge on any atom is -0.467 e. The number of esters is 1. The summed E-state index contributed by atoms with van der Waals surface area (Å²) in [5, 5.41) is 14.0. The van der Waals surface area contributed by atoms with Gasteiger partial charge in [-0.15, -0.1) is 0 Å². The number of hydrogen-bond donors (Lipinski definition) is 2. The monoisotopic (exact) mass is 317 g/mol. The second-order valence-corrected chi connectivity index (χ2v) is 5.04. The fourth-order valence-electron chi connectivity index (χ4n) is 1.98. The maximum absolute atomic E-state index is 12.4. The van der Waals surface area contributed by atoms with Crippen LogP contribution in [-0.2, 0) is 14.3 Å². The van der Waals surface area contributed by atoms with Crippen LogP contribution < -0.4 is 10.6 Å². The topological polar surface area (TPSA) is 108 Å². The molecule has 1 rings (SSSR count). The van der Waals surface area contributed by atoms with Crippen molar-refractivity contribution in [2.24, 2.45) is 5.92 Å². The van der Waals surface area contributed by atoms with Crippen LogP contribution in [0.25, 0.3) is 0 Å². The maximum atomic E-state index is 12.4. The molecule has 0 aliphatic rings. The molecule has 122 valence electrons. The van der Waals surface area contributed by atoms with Crippen molar-refractivity contribution in [2.75, 3.05) is 12.4 Å². The average molecular weight is 317 g/mol. The van der Waals surface area contributed by atoms with Crippen molar-refractivity contribution in [1.29, 1.82) is 5.26 Å². The number of ether oxygens (including phenoxy) is 1. The summed E-state index contributed by atoms with van der Waals surface area (Å²) in [7, 11) is 1.21. The third kappa shape index (κ3) is 5.43. The Morgan fingerprint density at radius 2 is 1.96 bits per heavy atom. The lowest BCUT2D eigenvalue weighted by Crippen LogP contribution is -2.42. The molecular weight excluding hydrogens is 298 g/mol. The van der Waals surface area contributed by atoms with Gasteiger partial charge < -0.3 is 15.4 Å². The number of carbonyl (C=O) groups excluding carboxylic acids is 3. The maximum Gasteiger partial charge on any atom is 0.328 e. The van der Waals surface area contributed by atoms with Crippen molar-refractivity contribution in [3.05, 3.63) is 29.8 Å². The van der Waals surface area contributed by atoms with Gasteiger partial charge in [-0.2, -0.15) is 5.26 Å². The molecule has 7 nitrogen and oxygen atoms in total. The lowest BCUT2D eigenvalue weighted by molar-refractivity contribution is -0.143. The second-order valence-electron chi connectivity index (χ2n) is 5.04. The second kappa shape index (κ2) is 8.54. The fourth-order valence-corrected chi connectivity index (χ4v) is 1.98. The molecular formula is C16H19N3O4. The Hall–Kier alpha value is -2.88. The lowest BCUT2D eigenvalue weighted by Gasteiger charge is -2.18. The minimum atomic E-state index is -0.937. The molecule has 0 aromatic heterocycles. The summed E-state index contributed by atoms with van der Waals surface area (Å²) in [6.07, 6.45) is 0.136. The molecule has 0 aliphatic heterocycles. The Kier molecular flexibility index (Phi) is 6.74. The number of carbonyl (C=O) groups is 3. The smallest absolute Gasteiger partial charge is 0.328 e. The first-order valence-corrected chi connectivity index (χ1v) is 7.04. The predicted molar refractivity (Wildman–Crippen MR) is 83.4 cm³/mol. The van der Waals surface area contributed by atoms with Gasteiger partial charge in [0.2, 0.25) is 5.91 Å². The number of methoxy groups -OCH3 is 1. The van der Waals surface area contributed by atoms with Crippen LogP contribution >= 0.6 is 0 Å². The molecule has 1 aromatic rings. The van der Waals surface area contributed by atoms with Crippen LogP contribution in [0.4, 0.5) is 5.69 Å². The van der Waals surface area contributed by atoms with Gasteiger partial charge in [-0.05, 0) is 25.5 Å². The fraction of sp³-hybridized carbons (Fsp3) is 0.375. The molecule has 0 heterocycles. The van der Waals surface area contributed by atoms with Gasteiger partial charge in [-0.3, -0.25) is 9.59 Å². The van der Waals surface area contributed by atoms with Crippen LogP contribution in [-0.4, -0.2) is 30.9 Å². The van der Waals surface area contributed by atoms with Crippen LogP contribution in [0.15, 0.2) is 24.3 Å². The number of para-hydroxylation sites is 1. The van der Waals surface area contributed by atoms with E-state index in [0.717, 1.165) is 0 Å². The summed E-state index contributed by atoms with van der Waals surface area (Å²) in [6, 6.07) is 7.51. The highest BCUT2D eigenvalue weighted by Gasteiger charge is 2.25. The van der Waals surface area contributed by atoms with Gasteiger partial charge in [0.15, 0.2) is 0 Å². The summed E-state index contributed by atoms with van der Waals surface area (Å²) in [5.74, 6) is -1.90. The zero-order chi connectivity index (χ0) is 17.4. The van der Waals surface area contributed by atoms with Gasteiger partial charge in [0.1, 0.15) is 6.04 Å². The molecule has 0 saturated carbocycles. The van der Waals surface area contributed by atoms with Crippen molar-refractivity contribution in [3.8, 4) is 6.07 Å². The van der Waals surface area contributed by atoms with Crippen LogP contribution in [0.3, 0.4) is 0 Å². The molecule has 1 aromatic carbocycles. The highest BCUT2D eigenvalue weighted by Crippen LogP contribution is 2.16. The quantitative estimate of drug-likeness (QED) is 0.772. The summed E-state index contributed by atoms with van der Waals surface area (Å²) >= 11 is 0. The molecule has 0 saturated heterocycles. The number of amides is 2. The third-order valence-corrected chi connectivity index (χ3v) is 3.08. The first-order chi connectivity index (χ1) is 10.9. The Morgan fingerprint density at radius 3 is 2.52 bits per heavy atom. The van der Waals surface area contributed by atoms with E-state index in [2.05, 4.69) is 15.4 Å². The zero-order valence-corrected chi connectivity index (χ0v) is 13.3. The van der Waals surface area contributed by atoms with Crippen LogP contribution in [0.5, 0.6) is 0 Å². The van der Waals surface area contributed by atoms with E-state index in [4.69, 9.17) is 5.26 Å². The van der Waals surface area contributed by atoms with E-state index in [0.29, 0.717) is 5.69 Å². The van der Waals surface area contributed by atoms with Crippen LogP contribution in [0, 0.1) is 17.2 Å². The Bertz CT molecular complexity index is 636. The molecule has 0 fully saturated rings. The number of rotatable bonds is 6. The van der Waals surface area contributed by atoms with Crippen molar-refractivity contribution in [1.82, 2.24) is 5.32 Å². The van der Waals surface area contributed by atoms with E-state index in [1.807, 2.05) is 6.07 Å². The van der Waals surface area contributed by atoms with Crippen molar-refractivity contribution < 1.29 is 19.1 Å². The molecule has 2 atom stereocenters. The number of benzene rings is 1. The molecule has 2 N–H and O–H groups in total. The molecule has 2 amide bonds. The van der Waals surface area contributed by atoms with Gasteiger partial charge in [-0.25, -0.2) is 4.79 Å². The molecule has 0 radical (unpaired) electrons. The van der Waals surface area contributed by atoms with Crippen molar-refractivity contribution in [2.45, 2.75) is 26.3 Å². The van der Waals surface area contributed by atoms with Gasteiger partial charge in [0.05, 0.1) is 24.4 Å². The Balaban J connectivity index is 2.97. The molecule has 0 bridgehead atoms. The van der Waals surface area contributed by atoms with E-state index in [-0.39, 0.29) is 17.9 Å². The van der Waals surface area contributed by atoms with Crippen molar-refractivity contribution >= 4 is 23.5 Å². The Labute approximate surface area is 134 Å². The number of nitrogens with one attached hydrogen (secondary N) is 2. The number of nitriles is 1. The molecule has 23 heavy (non-hydrogen) atoms. The van der Waals surface area contributed by atoms with E-state index in [9.17, 15) is 14.4 Å². The standard InChI is InChI=1S/C16H19N3O4/c1-10(9-17)8-14(16(22)23-3)19-15(21)12-6-4-5-7-13(12)18-11(2)20/h4-7,10,14H,8H2,1-3H3,(H,18,20)(H,19,21)/t10-,14+/m0/s1. The van der Waals surface area contributed by atoms with Crippen LogP contribution in [0.1, 0.15) is 30.6 Å². The van der Waals surface area contributed by atoms with E-state index >= 15 is 0 Å². The van der Waals surface area contributed by atoms with E-state index < -0.39 is 23.8 Å². The van der Waals surface area contributed by atoms with Gasteiger partial charge in [-0.1, -0.05) is 12.1 Å². The number of nitrogens with zero attached hydrogens (tertiary/aromatic N) is 1. The van der Waals surface area contributed by atoms with Crippen LogP contribution in [0.2, 0.25) is 0 Å². The molecule has 7 heteroatoms. The SMILES string of the molecule is COC(=O)[C@@H](C[C@H](C)C#N)NC(=O)c1ccccc1NC(C)=O. The van der Waals surface area contributed by atoms with Gasteiger partial charge in [0, 0.05) is 12.8 Å². The summed E-state index contributed by atoms with van der Waals surface area (Å²) in [5.41, 5.74) is 0.565. The van der Waals surface area contributed by atoms with E-state index in [1.165, 1.54) is 20.1 Å². The first-order valence-electron chi connectivity index (χ1n) is 7.04. The Morgan fingerprint density at radius 1 is 1.30 bits per heavy atom. The summed E-state index contributed by atoms with van der Waals surface area (Å²) in [4.78, 5) is 35.4. The number of hydrogen-bond acceptors (Lipinski definition) is 5. The lowest BCUT2D eigenvalue weighted by atomic mass is 10.0. The predicted octanol–water partition coefficient (Wildman–Crippen LogP) is 1.47. The van der Waals surface area contributed by atoms with Gasteiger partial charge >= 0.3 is 5.97 Å². The zero-order valence-electron chi connectivity index (χ0n) is 13.3. The molecule has 0 aliphatic carbocycles. The van der Waals surface area contributed by atoms with E-state index in [1.54, 1.807) is 25.1 Å². The third-order valence-electron chi connectivity index (χ3n) is 3.08. The molecule has 0 spiro atoms. The largest absolute Gasteiger partial charge is 0.467 e. The van der Waals surface area contributed by atoms with Crippen molar-refractivity contribution in [3.63, 3.8) is 0 Å². The highest BCUT2D eigenvalue weighted by atomic mass is 16.5. The average Bonchev–Trinajstić information content (AvgIpc) is 2.53. The minimum absolute atomic E-state index is 0.136. The highest BCUT2D eigenvalue weighted by molar-refractivity contribution is 6.04. The molecule has 0 unspecified atom stereocenters. The normalized spacial score (nSPS) is 12.4. The summed E-state index contributed by atoms with van der Waals surface area (Å²) < 4.78 is 4.66.